The molecule has 1 fully saturated rings. The Bertz CT molecular complexity index is 518. The second-order valence-corrected chi connectivity index (χ2v) is 5.46. The van der Waals surface area contributed by atoms with E-state index in [1.54, 1.807) is 0 Å². The molecule has 0 spiro atoms. The van der Waals surface area contributed by atoms with Crippen molar-refractivity contribution < 1.29 is 4.79 Å². The minimum absolute atomic E-state index is 0.0338. The molecular formula is C14H21N3O2. The molecule has 0 unspecified atom stereocenters. The first kappa shape index (κ1) is 13.6. The number of nitrogens with zero attached hydrogens (tertiary/aromatic N) is 1. The van der Waals surface area contributed by atoms with E-state index >= 15 is 0 Å². The van der Waals surface area contributed by atoms with Crippen LogP contribution in [0, 0.1) is 5.41 Å². The third kappa shape index (κ3) is 3.59. The summed E-state index contributed by atoms with van der Waals surface area (Å²) < 4.78 is 1.34. The van der Waals surface area contributed by atoms with Gasteiger partial charge in [0.1, 0.15) is 6.54 Å². The Balaban J connectivity index is 1.88. The molecule has 5 nitrogen and oxygen atoms in total. The van der Waals surface area contributed by atoms with Crippen LogP contribution in [0.5, 0.6) is 0 Å². The van der Waals surface area contributed by atoms with Crippen LogP contribution in [0.15, 0.2) is 23.1 Å². The normalized spacial score (nSPS) is 16.1. The van der Waals surface area contributed by atoms with Crippen molar-refractivity contribution in [2.24, 2.45) is 5.41 Å². The average Bonchev–Trinajstić information content (AvgIpc) is 3.12. The lowest BCUT2D eigenvalue weighted by atomic mass is 10.0. The number of carbonyl (C=O) groups is 1. The fourth-order valence-corrected chi connectivity index (χ4v) is 2.39. The first-order valence-corrected chi connectivity index (χ1v) is 6.77. The fourth-order valence-electron chi connectivity index (χ4n) is 2.39. The van der Waals surface area contributed by atoms with Crippen molar-refractivity contribution in [3.8, 4) is 0 Å². The smallest absolute Gasteiger partial charge is 0.251 e. The number of nitrogens with one attached hydrogen (secondary N) is 1. The van der Waals surface area contributed by atoms with Gasteiger partial charge in [0.2, 0.25) is 5.91 Å². The van der Waals surface area contributed by atoms with E-state index in [1.807, 2.05) is 0 Å². The molecule has 3 N–H and O–H groups in total. The van der Waals surface area contributed by atoms with Crippen LogP contribution in [-0.2, 0) is 11.3 Å². The van der Waals surface area contributed by atoms with Crippen LogP contribution in [0.2, 0.25) is 0 Å². The molecule has 1 amide bonds. The number of rotatable bonds is 6. The summed E-state index contributed by atoms with van der Waals surface area (Å²) in [6.45, 7) is 2.91. The molecule has 5 heteroatoms. The SMILES string of the molecule is CCCC1(CNC(=O)Cn2cc(N)ccc2=O)CC1. The lowest BCUT2D eigenvalue weighted by molar-refractivity contribution is -0.122. The zero-order chi connectivity index (χ0) is 13.9. The Morgan fingerprint density at radius 1 is 1.47 bits per heavy atom. The van der Waals surface area contributed by atoms with Crippen LogP contribution < -0.4 is 16.6 Å². The maximum Gasteiger partial charge on any atom is 0.251 e. The number of nitrogen functional groups attached to an aromatic ring is 1. The predicted molar refractivity (Wildman–Crippen MR) is 74.7 cm³/mol. The van der Waals surface area contributed by atoms with Gasteiger partial charge in [-0.25, -0.2) is 0 Å². The number of aromatic nitrogens is 1. The maximum atomic E-state index is 11.8. The van der Waals surface area contributed by atoms with Gasteiger partial charge in [0.15, 0.2) is 0 Å². The Hall–Kier alpha value is -1.78. The largest absolute Gasteiger partial charge is 0.398 e. The van der Waals surface area contributed by atoms with Gasteiger partial charge in [-0.1, -0.05) is 13.3 Å². The number of amides is 1. The van der Waals surface area contributed by atoms with E-state index in [-0.39, 0.29) is 18.0 Å². The summed E-state index contributed by atoms with van der Waals surface area (Å²) in [6.07, 6.45) is 6.19. The van der Waals surface area contributed by atoms with Crippen LogP contribution in [-0.4, -0.2) is 17.0 Å². The molecule has 19 heavy (non-hydrogen) atoms. The molecule has 0 saturated heterocycles. The van der Waals surface area contributed by atoms with Gasteiger partial charge in [-0.05, 0) is 30.7 Å². The lowest BCUT2D eigenvalue weighted by Crippen LogP contribution is -2.35. The minimum atomic E-state index is -0.209. The van der Waals surface area contributed by atoms with Crippen molar-refractivity contribution in [3.63, 3.8) is 0 Å². The van der Waals surface area contributed by atoms with Crippen LogP contribution in [0.25, 0.3) is 0 Å². The van der Waals surface area contributed by atoms with E-state index in [2.05, 4.69) is 12.2 Å². The number of carbonyl (C=O) groups excluding carboxylic acids is 1. The highest BCUT2D eigenvalue weighted by molar-refractivity contribution is 5.75. The quantitative estimate of drug-likeness (QED) is 0.807. The van der Waals surface area contributed by atoms with Crippen molar-refractivity contribution in [1.29, 1.82) is 0 Å². The van der Waals surface area contributed by atoms with Crippen molar-refractivity contribution >= 4 is 11.6 Å². The van der Waals surface area contributed by atoms with E-state index in [0.29, 0.717) is 11.1 Å². The lowest BCUT2D eigenvalue weighted by Gasteiger charge is -2.15. The molecule has 104 valence electrons. The topological polar surface area (TPSA) is 77.1 Å². The van der Waals surface area contributed by atoms with Gasteiger partial charge < -0.3 is 15.6 Å². The highest BCUT2D eigenvalue weighted by Crippen LogP contribution is 2.48. The zero-order valence-electron chi connectivity index (χ0n) is 11.3. The molecule has 1 saturated carbocycles. The van der Waals surface area contributed by atoms with E-state index in [9.17, 15) is 9.59 Å². The van der Waals surface area contributed by atoms with Crippen LogP contribution in [0.3, 0.4) is 0 Å². The molecular weight excluding hydrogens is 242 g/mol. The predicted octanol–water partition coefficient (Wildman–Crippen LogP) is 1.13. The molecule has 0 aliphatic heterocycles. The molecule has 1 aromatic heterocycles. The van der Waals surface area contributed by atoms with Crippen molar-refractivity contribution in [1.82, 2.24) is 9.88 Å². The number of pyridine rings is 1. The average molecular weight is 263 g/mol. The van der Waals surface area contributed by atoms with Crippen LogP contribution >= 0.6 is 0 Å². The molecule has 1 aliphatic carbocycles. The second kappa shape index (κ2) is 5.47. The summed E-state index contributed by atoms with van der Waals surface area (Å²) in [5.74, 6) is -0.130. The van der Waals surface area contributed by atoms with Crippen molar-refractivity contribution in [3.05, 3.63) is 28.7 Å². The third-order valence-electron chi connectivity index (χ3n) is 3.72. The number of hydrogen-bond donors (Lipinski definition) is 2. The molecule has 0 bridgehead atoms. The first-order valence-electron chi connectivity index (χ1n) is 6.77. The highest BCUT2D eigenvalue weighted by Gasteiger charge is 2.41. The Kier molecular flexibility index (Phi) is 3.93. The number of nitrogens with two attached hydrogens (primary N) is 1. The summed E-state index contributed by atoms with van der Waals surface area (Å²) in [5.41, 5.74) is 6.20. The summed E-state index contributed by atoms with van der Waals surface area (Å²) in [5, 5.41) is 2.93. The molecule has 2 rings (SSSR count). The fraction of sp³-hybridized carbons (Fsp3) is 0.571. The van der Waals surface area contributed by atoms with E-state index in [1.165, 1.54) is 35.7 Å². The van der Waals surface area contributed by atoms with Crippen molar-refractivity contribution in [2.45, 2.75) is 39.2 Å². The summed E-state index contributed by atoms with van der Waals surface area (Å²) in [7, 11) is 0. The first-order chi connectivity index (χ1) is 9.04. The van der Waals surface area contributed by atoms with Gasteiger partial charge in [0, 0.05) is 24.5 Å². The molecule has 1 aromatic rings. The molecule has 1 heterocycles. The zero-order valence-corrected chi connectivity index (χ0v) is 11.3. The van der Waals surface area contributed by atoms with E-state index in [4.69, 9.17) is 5.73 Å². The van der Waals surface area contributed by atoms with Gasteiger partial charge in [0.25, 0.3) is 5.56 Å². The third-order valence-corrected chi connectivity index (χ3v) is 3.72. The Labute approximate surface area is 112 Å². The molecule has 0 aromatic carbocycles. The van der Waals surface area contributed by atoms with Crippen LogP contribution in [0.1, 0.15) is 32.6 Å². The highest BCUT2D eigenvalue weighted by atomic mass is 16.2. The Morgan fingerprint density at radius 2 is 2.21 bits per heavy atom. The van der Waals surface area contributed by atoms with Gasteiger partial charge in [-0.2, -0.15) is 0 Å². The summed E-state index contributed by atoms with van der Waals surface area (Å²) in [4.78, 5) is 23.4. The second-order valence-electron chi connectivity index (χ2n) is 5.46. The summed E-state index contributed by atoms with van der Waals surface area (Å²) >= 11 is 0. The van der Waals surface area contributed by atoms with Crippen molar-refractivity contribution in [2.75, 3.05) is 12.3 Å². The van der Waals surface area contributed by atoms with E-state index < -0.39 is 0 Å². The Morgan fingerprint density at radius 3 is 2.84 bits per heavy atom. The number of anilines is 1. The maximum absolute atomic E-state index is 11.8. The van der Waals surface area contributed by atoms with Gasteiger partial charge in [-0.15, -0.1) is 0 Å². The molecule has 1 aliphatic rings. The van der Waals surface area contributed by atoms with Crippen LogP contribution in [0.4, 0.5) is 5.69 Å². The van der Waals surface area contributed by atoms with Gasteiger partial charge >= 0.3 is 0 Å². The summed E-state index contributed by atoms with van der Waals surface area (Å²) in [6, 6.07) is 2.92. The van der Waals surface area contributed by atoms with E-state index in [0.717, 1.165) is 19.4 Å². The monoisotopic (exact) mass is 263 g/mol. The van der Waals surface area contributed by atoms with Gasteiger partial charge in [0.05, 0.1) is 0 Å². The molecule has 0 radical (unpaired) electrons. The number of hydrogen-bond acceptors (Lipinski definition) is 3. The standard InChI is InChI=1S/C14H21N3O2/c1-2-5-14(6-7-14)10-16-12(18)9-17-8-11(15)3-4-13(17)19/h3-4,8H,2,5-7,9-10,15H2,1H3,(H,16,18). The molecule has 0 atom stereocenters. The van der Waals surface area contributed by atoms with Gasteiger partial charge in [-0.3, -0.25) is 9.59 Å². The minimum Gasteiger partial charge on any atom is -0.398 e.